The van der Waals surface area contributed by atoms with Crippen molar-refractivity contribution in [3.8, 4) is 11.5 Å². The summed E-state index contributed by atoms with van der Waals surface area (Å²) in [7, 11) is -3.43. The first-order valence-electron chi connectivity index (χ1n) is 25.1. The second-order valence-corrected chi connectivity index (χ2v) is 22.6. The number of likely N-dealkylation sites (tertiary alicyclic amines) is 2. The van der Waals surface area contributed by atoms with Crippen LogP contribution in [-0.4, -0.2) is 119 Å². The summed E-state index contributed by atoms with van der Waals surface area (Å²) < 4.78 is 76.6. The smallest absolute Gasteiger partial charge is 0.296 e. The molecule has 5 aliphatic rings. The second kappa shape index (κ2) is 18.7. The minimum absolute atomic E-state index is 0.0186. The SMILES string of the molecule is CC(C)c1ccccc1[C@@H]1CCCN1C1CC2(CCN(c3cc(Oc4cnc5[nH]ccc5c4)c(C(=O)NS(=O)(=O)c4cc([N+](=O)[O-])c(NCC5(F)CCN(C6COC6)CC5)c5c4ncn5C)cc3F)CC2)C1. The van der Waals surface area contributed by atoms with E-state index in [9.17, 15) is 23.3 Å². The van der Waals surface area contributed by atoms with Gasteiger partial charge in [0.05, 0.1) is 53.5 Å². The van der Waals surface area contributed by atoms with Gasteiger partial charge in [-0.15, -0.1) is 0 Å². The van der Waals surface area contributed by atoms with Gasteiger partial charge in [0.25, 0.3) is 21.6 Å². The number of ether oxygens (including phenoxy) is 2. The highest BCUT2D eigenvalue weighted by molar-refractivity contribution is 7.90. The Bertz CT molecular complexity index is 3170. The van der Waals surface area contributed by atoms with Gasteiger partial charge < -0.3 is 29.2 Å². The van der Waals surface area contributed by atoms with Crippen LogP contribution in [-0.2, 0) is 21.8 Å². The van der Waals surface area contributed by atoms with E-state index in [2.05, 4.69) is 68.2 Å². The normalized spacial score (nSPS) is 20.8. The zero-order valence-electron chi connectivity index (χ0n) is 40.7. The maximum atomic E-state index is 16.6. The van der Waals surface area contributed by atoms with E-state index in [-0.39, 0.29) is 64.8 Å². The fourth-order valence-electron chi connectivity index (χ4n) is 12.0. The van der Waals surface area contributed by atoms with Gasteiger partial charge in [-0.2, -0.15) is 0 Å². The van der Waals surface area contributed by atoms with Crippen LogP contribution in [0.2, 0.25) is 0 Å². The van der Waals surface area contributed by atoms with Crippen LogP contribution in [0.5, 0.6) is 11.5 Å². The number of halogens is 2. The maximum Gasteiger partial charge on any atom is 0.296 e. The van der Waals surface area contributed by atoms with Crippen molar-refractivity contribution in [2.24, 2.45) is 12.5 Å². The number of alkyl halides is 1. The van der Waals surface area contributed by atoms with Gasteiger partial charge >= 0.3 is 0 Å². The Hall–Kier alpha value is -6.22. The Kier molecular flexibility index (Phi) is 12.5. The molecule has 0 unspecified atom stereocenters. The highest BCUT2D eigenvalue weighted by atomic mass is 32.2. The van der Waals surface area contributed by atoms with E-state index in [1.807, 2.05) is 9.62 Å². The number of carbonyl (C=O) groups is 1. The third-order valence-electron chi connectivity index (χ3n) is 16.2. The first-order valence-corrected chi connectivity index (χ1v) is 26.5. The molecule has 3 N–H and O–H groups in total. The third kappa shape index (κ3) is 8.93. The Balaban J connectivity index is 0.834. The van der Waals surface area contributed by atoms with Gasteiger partial charge in [-0.3, -0.25) is 24.7 Å². The van der Waals surface area contributed by atoms with Gasteiger partial charge in [-0.25, -0.2) is 31.9 Å². The zero-order chi connectivity index (χ0) is 50.1. The number of benzene rings is 3. The molecule has 6 aromatic rings. The number of imidazole rings is 1. The van der Waals surface area contributed by atoms with Crippen molar-refractivity contribution >= 4 is 55.1 Å². The lowest BCUT2D eigenvalue weighted by molar-refractivity contribution is -0.384. The quantitative estimate of drug-likeness (QED) is 0.0694. The fourth-order valence-corrected chi connectivity index (χ4v) is 13.2. The Morgan fingerprint density at radius 1 is 1.01 bits per heavy atom. The Morgan fingerprint density at radius 3 is 2.50 bits per heavy atom. The molecule has 72 heavy (non-hydrogen) atoms. The molecule has 1 atom stereocenters. The van der Waals surface area contributed by atoms with E-state index < -0.39 is 48.5 Å². The lowest BCUT2D eigenvalue weighted by Crippen LogP contribution is -2.55. The number of sulfonamides is 1. The number of aryl methyl sites for hydroxylation is 1. The number of hydrogen-bond donors (Lipinski definition) is 3. The van der Waals surface area contributed by atoms with Crippen LogP contribution in [0.4, 0.5) is 25.8 Å². The number of nitro benzene ring substituents is 1. The summed E-state index contributed by atoms with van der Waals surface area (Å²) in [5.41, 5.74) is 0.731. The van der Waals surface area contributed by atoms with Gasteiger partial charge in [0.2, 0.25) is 0 Å². The Morgan fingerprint density at radius 2 is 1.78 bits per heavy atom. The predicted octanol–water partition coefficient (Wildman–Crippen LogP) is 8.73. The lowest BCUT2D eigenvalue weighted by atomic mass is 9.59. The molecule has 7 heterocycles. The molecule has 380 valence electrons. The van der Waals surface area contributed by atoms with Crippen LogP contribution in [0.15, 0.2) is 78.2 Å². The first kappa shape index (κ1) is 48.1. The maximum absolute atomic E-state index is 16.6. The number of H-pyrrole nitrogens is 1. The van der Waals surface area contributed by atoms with Crippen LogP contribution in [0.3, 0.4) is 0 Å². The summed E-state index contributed by atoms with van der Waals surface area (Å²) in [5, 5.41) is 16.3. The number of carbonyl (C=O) groups excluding carboxylic acids is 1. The van der Waals surface area contributed by atoms with E-state index in [1.54, 1.807) is 18.3 Å². The number of amides is 1. The summed E-state index contributed by atoms with van der Waals surface area (Å²) in [6.45, 7) is 8.69. The molecule has 1 aliphatic carbocycles. The number of aromatic nitrogens is 4. The van der Waals surface area contributed by atoms with Gasteiger partial charge in [0, 0.05) is 75.6 Å². The van der Waals surface area contributed by atoms with Crippen molar-refractivity contribution in [3.63, 3.8) is 0 Å². The van der Waals surface area contributed by atoms with Crippen molar-refractivity contribution < 1.29 is 36.4 Å². The van der Waals surface area contributed by atoms with Crippen molar-refractivity contribution in [3.05, 3.63) is 106 Å². The first-order chi connectivity index (χ1) is 34.6. The van der Waals surface area contributed by atoms with Crippen LogP contribution in [0.25, 0.3) is 22.1 Å². The fraction of sp³-hybridized carbons (Fsp3) is 0.481. The molecule has 1 amide bonds. The van der Waals surface area contributed by atoms with Gasteiger partial charge in [-0.1, -0.05) is 38.1 Å². The van der Waals surface area contributed by atoms with Crippen molar-refractivity contribution in [1.82, 2.24) is 34.0 Å². The molecule has 3 aromatic heterocycles. The number of pyridine rings is 1. The van der Waals surface area contributed by atoms with Crippen LogP contribution in [0, 0.1) is 21.3 Å². The summed E-state index contributed by atoms with van der Waals surface area (Å²) >= 11 is 0. The van der Waals surface area contributed by atoms with Gasteiger partial charge in [-0.05, 0) is 98.6 Å². The standard InChI is InChI=1S/C52H60F2N10O7S/c1-32(2)37-7-4-5-8-38(37)41-9-6-16-63(41)34-25-51(26-34)11-17-62(18-12-51)42-23-44(71-36-21-33-10-15-55-49(33)56-27-36)39(22-40(42)53)50(65)59-72(68,69)45-24-43(64(66)67)46(48-47(45)58-31-60(48)3)57-30-52(54)13-19-61(20-14-52)35-28-70-29-35/h4-5,7-8,10,15,21-24,27,31-32,34-35,41,57H,6,9,11-14,16-20,25-26,28-30H2,1-3H3,(H,55,56)(H,59,65)/t41-/m0/s1. The average Bonchev–Trinajstić information content (AvgIpc) is 4.11. The number of aromatic amines is 1. The average molecular weight is 1010 g/mol. The number of nitrogens with zero attached hydrogens (tertiary/aromatic N) is 7. The van der Waals surface area contributed by atoms with Crippen LogP contribution < -0.4 is 19.7 Å². The minimum atomic E-state index is -4.96. The number of nitrogens with one attached hydrogen (secondary N) is 3. The number of hydrogen-bond acceptors (Lipinski definition) is 13. The number of fused-ring (bicyclic) bond motifs is 2. The number of rotatable bonds is 14. The van der Waals surface area contributed by atoms with Crippen molar-refractivity contribution in [1.29, 1.82) is 0 Å². The molecule has 17 nitrogen and oxygen atoms in total. The van der Waals surface area contributed by atoms with E-state index in [4.69, 9.17) is 9.47 Å². The number of piperidine rings is 2. The molecule has 5 fully saturated rings. The molecule has 3 aromatic carbocycles. The molecular weight excluding hydrogens is 947 g/mol. The monoisotopic (exact) mass is 1010 g/mol. The van der Waals surface area contributed by atoms with Gasteiger partial charge in [0.1, 0.15) is 44.7 Å². The highest BCUT2D eigenvalue weighted by Crippen LogP contribution is 2.54. The predicted molar refractivity (Wildman–Crippen MR) is 268 cm³/mol. The summed E-state index contributed by atoms with van der Waals surface area (Å²) in [6.07, 6.45) is 11.0. The molecule has 1 saturated carbocycles. The topological polar surface area (TPSA) is 193 Å². The van der Waals surface area contributed by atoms with Crippen molar-refractivity contribution in [2.75, 3.05) is 62.7 Å². The summed E-state index contributed by atoms with van der Waals surface area (Å²) in [4.78, 5) is 44.1. The third-order valence-corrected chi connectivity index (χ3v) is 17.5. The number of nitro groups is 1. The molecule has 4 aliphatic heterocycles. The summed E-state index contributed by atoms with van der Waals surface area (Å²) in [5.74, 6) is -1.45. The van der Waals surface area contributed by atoms with E-state index in [0.29, 0.717) is 68.4 Å². The highest BCUT2D eigenvalue weighted by Gasteiger charge is 2.50. The van der Waals surface area contributed by atoms with E-state index >= 15 is 8.78 Å². The molecule has 11 rings (SSSR count). The number of anilines is 2. The second-order valence-electron chi connectivity index (χ2n) is 21.0. The van der Waals surface area contributed by atoms with E-state index in [1.165, 1.54) is 47.8 Å². The molecule has 1 spiro atoms. The van der Waals surface area contributed by atoms with Gasteiger partial charge in [0.15, 0.2) is 0 Å². The van der Waals surface area contributed by atoms with E-state index in [0.717, 1.165) is 50.8 Å². The molecule has 4 saturated heterocycles. The Labute approximate surface area is 416 Å². The van der Waals surface area contributed by atoms with Crippen molar-refractivity contribution in [2.45, 2.75) is 99.8 Å². The molecular formula is C52H60F2N10O7S. The molecule has 20 heteroatoms. The minimum Gasteiger partial charge on any atom is -0.455 e. The van der Waals surface area contributed by atoms with Crippen LogP contribution >= 0.6 is 0 Å². The molecule has 0 radical (unpaired) electrons. The zero-order valence-corrected chi connectivity index (χ0v) is 41.5. The molecule has 0 bridgehead atoms. The van der Waals surface area contributed by atoms with Crippen LogP contribution in [0.1, 0.15) is 98.7 Å². The largest absolute Gasteiger partial charge is 0.455 e. The summed E-state index contributed by atoms with van der Waals surface area (Å²) in [6, 6.07) is 16.7. The lowest BCUT2D eigenvalue weighted by Gasteiger charge is -2.56.